The summed E-state index contributed by atoms with van der Waals surface area (Å²) in [6, 6.07) is 3.69. The van der Waals surface area contributed by atoms with Crippen molar-refractivity contribution in [3.8, 4) is 0 Å². The normalized spacial score (nSPS) is 16.8. The molecule has 20 heavy (non-hydrogen) atoms. The quantitative estimate of drug-likeness (QED) is 0.861. The molecule has 0 atom stereocenters. The molecule has 1 saturated heterocycles. The molecular weight excluding hydrogens is 256 g/mol. The molecule has 1 fully saturated rings. The Balaban J connectivity index is 1.75. The van der Waals surface area contributed by atoms with Crippen molar-refractivity contribution in [1.82, 2.24) is 19.2 Å². The van der Waals surface area contributed by atoms with Crippen molar-refractivity contribution in [2.24, 2.45) is 0 Å². The highest BCUT2D eigenvalue weighted by Crippen LogP contribution is 2.13. The van der Waals surface area contributed by atoms with Gasteiger partial charge < -0.3 is 14.4 Å². The third-order valence-electron chi connectivity index (χ3n) is 3.73. The van der Waals surface area contributed by atoms with E-state index < -0.39 is 0 Å². The predicted molar refractivity (Wildman–Crippen MR) is 74.6 cm³/mol. The lowest BCUT2D eigenvalue weighted by Crippen LogP contribution is -2.49. The number of amides is 1. The van der Waals surface area contributed by atoms with E-state index in [2.05, 4.69) is 9.88 Å². The number of fused-ring (bicyclic) bond motifs is 1. The Morgan fingerprint density at radius 3 is 2.80 bits per heavy atom. The second-order valence-electron chi connectivity index (χ2n) is 4.94. The molecular formula is C14H18N4O2. The van der Waals surface area contributed by atoms with Gasteiger partial charge in [0, 0.05) is 51.3 Å². The lowest BCUT2D eigenvalue weighted by atomic mass is 10.2. The summed E-state index contributed by atoms with van der Waals surface area (Å²) in [4.78, 5) is 20.9. The zero-order valence-corrected chi connectivity index (χ0v) is 11.3. The maximum absolute atomic E-state index is 12.6. The molecule has 1 N–H and O–H groups in total. The van der Waals surface area contributed by atoms with Gasteiger partial charge in [-0.05, 0) is 12.1 Å². The van der Waals surface area contributed by atoms with E-state index in [-0.39, 0.29) is 12.5 Å². The average Bonchev–Trinajstić information content (AvgIpc) is 2.96. The zero-order valence-electron chi connectivity index (χ0n) is 11.3. The van der Waals surface area contributed by atoms with Crippen LogP contribution in [-0.4, -0.2) is 69.5 Å². The number of piperazine rings is 1. The van der Waals surface area contributed by atoms with Crippen LogP contribution >= 0.6 is 0 Å². The number of hydrogen-bond acceptors (Lipinski definition) is 4. The molecule has 6 nitrogen and oxygen atoms in total. The molecule has 106 valence electrons. The molecule has 0 unspecified atom stereocenters. The Morgan fingerprint density at radius 1 is 1.25 bits per heavy atom. The van der Waals surface area contributed by atoms with Gasteiger partial charge in [0.1, 0.15) is 5.65 Å². The maximum atomic E-state index is 12.6. The molecule has 0 saturated carbocycles. The molecule has 1 aliphatic heterocycles. The number of imidazole rings is 1. The van der Waals surface area contributed by atoms with Gasteiger partial charge >= 0.3 is 0 Å². The van der Waals surface area contributed by atoms with E-state index in [0.717, 1.165) is 13.1 Å². The maximum Gasteiger partial charge on any atom is 0.257 e. The Kier molecular flexibility index (Phi) is 3.66. The summed E-state index contributed by atoms with van der Waals surface area (Å²) in [5, 5.41) is 8.93. The first-order chi connectivity index (χ1) is 9.79. The van der Waals surface area contributed by atoms with Crippen LogP contribution < -0.4 is 0 Å². The number of β-amino-alcohol motifs (C(OH)–C–C–N with tert-alkyl or cyclic N) is 1. The highest BCUT2D eigenvalue weighted by Gasteiger charge is 2.23. The van der Waals surface area contributed by atoms with Crippen LogP contribution in [0.3, 0.4) is 0 Å². The highest BCUT2D eigenvalue weighted by molar-refractivity contribution is 5.99. The number of hydrogen-bond donors (Lipinski definition) is 1. The number of aliphatic hydroxyl groups excluding tert-OH is 1. The SMILES string of the molecule is O=C(c1cccn2ccnc12)N1CCN(CCO)CC1. The molecule has 3 rings (SSSR count). The third-order valence-corrected chi connectivity index (χ3v) is 3.73. The van der Waals surface area contributed by atoms with E-state index >= 15 is 0 Å². The smallest absolute Gasteiger partial charge is 0.257 e. The number of aliphatic hydroxyl groups is 1. The molecule has 2 aromatic rings. The van der Waals surface area contributed by atoms with Crippen molar-refractivity contribution in [3.63, 3.8) is 0 Å². The summed E-state index contributed by atoms with van der Waals surface area (Å²) >= 11 is 0. The largest absolute Gasteiger partial charge is 0.395 e. The monoisotopic (exact) mass is 274 g/mol. The molecule has 1 aliphatic rings. The summed E-state index contributed by atoms with van der Waals surface area (Å²) in [7, 11) is 0. The van der Waals surface area contributed by atoms with Gasteiger partial charge in [-0.15, -0.1) is 0 Å². The first-order valence-electron chi connectivity index (χ1n) is 6.84. The van der Waals surface area contributed by atoms with Gasteiger partial charge in [-0.1, -0.05) is 0 Å². The summed E-state index contributed by atoms with van der Waals surface area (Å²) in [6.07, 6.45) is 5.43. The van der Waals surface area contributed by atoms with Crippen molar-refractivity contribution in [2.45, 2.75) is 0 Å². The Labute approximate surface area is 117 Å². The number of pyridine rings is 1. The van der Waals surface area contributed by atoms with E-state index in [1.54, 1.807) is 6.20 Å². The predicted octanol–water partition coefficient (Wildman–Crippen LogP) is 0.0844. The van der Waals surface area contributed by atoms with Crippen LogP contribution in [0.5, 0.6) is 0 Å². The topological polar surface area (TPSA) is 61.1 Å². The molecule has 0 aliphatic carbocycles. The van der Waals surface area contributed by atoms with Gasteiger partial charge in [0.15, 0.2) is 0 Å². The van der Waals surface area contributed by atoms with Crippen LogP contribution in [0.15, 0.2) is 30.7 Å². The lowest BCUT2D eigenvalue weighted by molar-refractivity contribution is 0.0616. The minimum absolute atomic E-state index is 0.0328. The number of aromatic nitrogens is 2. The summed E-state index contributed by atoms with van der Waals surface area (Å²) in [6.45, 7) is 3.86. The van der Waals surface area contributed by atoms with Gasteiger partial charge in [-0.3, -0.25) is 9.69 Å². The summed E-state index contributed by atoms with van der Waals surface area (Å²) in [5.74, 6) is 0.0328. The van der Waals surface area contributed by atoms with Crippen LogP contribution in [0.1, 0.15) is 10.4 Å². The van der Waals surface area contributed by atoms with Crippen LogP contribution in [0.4, 0.5) is 0 Å². The van der Waals surface area contributed by atoms with E-state index in [1.807, 2.05) is 33.8 Å². The molecule has 6 heteroatoms. The number of rotatable bonds is 3. The Bertz CT molecular complexity index is 602. The van der Waals surface area contributed by atoms with Crippen molar-refractivity contribution < 1.29 is 9.90 Å². The van der Waals surface area contributed by atoms with Crippen molar-refractivity contribution >= 4 is 11.6 Å². The lowest BCUT2D eigenvalue weighted by Gasteiger charge is -2.34. The fourth-order valence-electron chi connectivity index (χ4n) is 2.60. The van der Waals surface area contributed by atoms with Crippen molar-refractivity contribution in [3.05, 3.63) is 36.3 Å². The molecule has 2 aromatic heterocycles. The number of carbonyl (C=O) groups excluding carboxylic acids is 1. The second-order valence-corrected chi connectivity index (χ2v) is 4.94. The van der Waals surface area contributed by atoms with Crippen LogP contribution in [0.25, 0.3) is 5.65 Å². The Hall–Kier alpha value is -1.92. The van der Waals surface area contributed by atoms with E-state index in [4.69, 9.17) is 5.11 Å². The minimum Gasteiger partial charge on any atom is -0.395 e. The minimum atomic E-state index is 0.0328. The number of nitrogens with zero attached hydrogens (tertiary/aromatic N) is 4. The van der Waals surface area contributed by atoms with Crippen LogP contribution in [0, 0.1) is 0 Å². The van der Waals surface area contributed by atoms with Gasteiger partial charge in [0.25, 0.3) is 5.91 Å². The third kappa shape index (κ3) is 2.39. The molecule has 0 bridgehead atoms. The van der Waals surface area contributed by atoms with Crippen molar-refractivity contribution in [1.29, 1.82) is 0 Å². The van der Waals surface area contributed by atoms with Crippen molar-refractivity contribution in [2.75, 3.05) is 39.3 Å². The number of carbonyl (C=O) groups is 1. The van der Waals surface area contributed by atoms with E-state index in [1.165, 1.54) is 0 Å². The molecule has 1 amide bonds. The highest BCUT2D eigenvalue weighted by atomic mass is 16.3. The van der Waals surface area contributed by atoms with Gasteiger partial charge in [0.05, 0.1) is 12.2 Å². The zero-order chi connectivity index (χ0) is 13.9. The Morgan fingerprint density at radius 2 is 2.05 bits per heavy atom. The average molecular weight is 274 g/mol. The summed E-state index contributed by atoms with van der Waals surface area (Å²) < 4.78 is 1.86. The van der Waals surface area contributed by atoms with Gasteiger partial charge in [-0.2, -0.15) is 0 Å². The fraction of sp³-hybridized carbons (Fsp3) is 0.429. The first-order valence-corrected chi connectivity index (χ1v) is 6.84. The summed E-state index contributed by atoms with van der Waals surface area (Å²) in [5.41, 5.74) is 1.35. The first kappa shape index (κ1) is 13.1. The van der Waals surface area contributed by atoms with Crippen LogP contribution in [0.2, 0.25) is 0 Å². The van der Waals surface area contributed by atoms with Gasteiger partial charge in [0.2, 0.25) is 0 Å². The van der Waals surface area contributed by atoms with E-state index in [0.29, 0.717) is 30.8 Å². The molecule has 0 spiro atoms. The standard InChI is InChI=1S/C14H18N4O2/c19-11-10-16-6-8-18(9-7-16)14(20)12-2-1-4-17-5-3-15-13(12)17/h1-5,19H,6-11H2. The fourth-order valence-corrected chi connectivity index (χ4v) is 2.60. The molecule has 0 radical (unpaired) electrons. The molecule has 0 aromatic carbocycles. The van der Waals surface area contributed by atoms with E-state index in [9.17, 15) is 4.79 Å². The van der Waals surface area contributed by atoms with Gasteiger partial charge in [-0.25, -0.2) is 4.98 Å². The molecule has 3 heterocycles. The van der Waals surface area contributed by atoms with Crippen LogP contribution in [-0.2, 0) is 0 Å². The second kappa shape index (κ2) is 5.60.